The molecule has 6 nitrogen and oxygen atoms in total. The number of nitrogens with zero attached hydrogens (tertiary/aromatic N) is 3. The van der Waals surface area contributed by atoms with Crippen LogP contribution in [0.2, 0.25) is 0 Å². The Balaban J connectivity index is 1.98. The van der Waals surface area contributed by atoms with Crippen LogP contribution in [0.4, 0.5) is 5.82 Å². The maximum absolute atomic E-state index is 13.4. The fraction of sp³-hybridized carbons (Fsp3) is 0.286. The quantitative estimate of drug-likeness (QED) is 0.644. The van der Waals surface area contributed by atoms with Gasteiger partial charge in [0.2, 0.25) is 0 Å². The standard InChI is InChI=1S/C21H21BrN4O2/c1-21(2,3)19-16-17(24-25-19)20(27)26(15-10-9-12(22)11-23-15)18(16)13-7-5-6-8-14(13)28-4/h5-11,18H,1-4H3,(H,24,25). The van der Waals surface area contributed by atoms with E-state index in [-0.39, 0.29) is 17.4 Å². The van der Waals surface area contributed by atoms with Gasteiger partial charge in [-0.1, -0.05) is 39.0 Å². The van der Waals surface area contributed by atoms with Gasteiger partial charge in [-0.15, -0.1) is 0 Å². The molecule has 1 atom stereocenters. The lowest BCUT2D eigenvalue weighted by Gasteiger charge is -2.28. The van der Waals surface area contributed by atoms with Gasteiger partial charge in [-0.2, -0.15) is 5.10 Å². The number of benzene rings is 1. The molecule has 0 fully saturated rings. The van der Waals surface area contributed by atoms with Crippen molar-refractivity contribution < 1.29 is 9.53 Å². The van der Waals surface area contributed by atoms with Gasteiger partial charge in [-0.05, 0) is 34.1 Å². The molecule has 1 aliphatic heterocycles. The number of methoxy groups -OCH3 is 1. The maximum Gasteiger partial charge on any atom is 0.278 e. The fourth-order valence-corrected chi connectivity index (χ4v) is 3.89. The Bertz CT molecular complexity index is 1040. The molecular weight excluding hydrogens is 420 g/mol. The molecule has 0 radical (unpaired) electrons. The second kappa shape index (κ2) is 6.74. The normalized spacial score (nSPS) is 16.4. The van der Waals surface area contributed by atoms with Crippen LogP contribution in [0.1, 0.15) is 54.1 Å². The van der Waals surface area contributed by atoms with E-state index < -0.39 is 0 Å². The highest BCUT2D eigenvalue weighted by molar-refractivity contribution is 9.10. The number of H-pyrrole nitrogens is 1. The van der Waals surface area contributed by atoms with Crippen molar-refractivity contribution in [2.75, 3.05) is 12.0 Å². The zero-order chi connectivity index (χ0) is 20.1. The summed E-state index contributed by atoms with van der Waals surface area (Å²) in [5, 5.41) is 7.46. The molecule has 0 spiro atoms. The third-order valence-corrected chi connectivity index (χ3v) is 5.34. The summed E-state index contributed by atoms with van der Waals surface area (Å²) in [5.74, 6) is 1.15. The van der Waals surface area contributed by atoms with Crippen LogP contribution in [0.15, 0.2) is 47.1 Å². The number of anilines is 1. The minimum atomic E-state index is -0.375. The third kappa shape index (κ3) is 2.90. The van der Waals surface area contributed by atoms with E-state index in [1.807, 2.05) is 36.4 Å². The predicted octanol–water partition coefficient (Wildman–Crippen LogP) is 4.62. The van der Waals surface area contributed by atoms with Crippen molar-refractivity contribution in [3.8, 4) is 5.75 Å². The zero-order valence-electron chi connectivity index (χ0n) is 16.2. The minimum absolute atomic E-state index is 0.149. The molecule has 0 aliphatic carbocycles. The molecule has 0 bridgehead atoms. The molecule has 2 aromatic heterocycles. The van der Waals surface area contributed by atoms with Crippen molar-refractivity contribution in [3.63, 3.8) is 0 Å². The summed E-state index contributed by atoms with van der Waals surface area (Å²) >= 11 is 3.41. The number of para-hydroxylation sites is 1. The Morgan fingerprint density at radius 1 is 1.18 bits per heavy atom. The second-order valence-electron chi connectivity index (χ2n) is 7.77. The molecule has 1 unspecified atom stereocenters. The molecule has 4 rings (SSSR count). The Labute approximate surface area is 172 Å². The summed E-state index contributed by atoms with van der Waals surface area (Å²) in [6.07, 6.45) is 1.69. The lowest BCUT2D eigenvalue weighted by molar-refractivity contribution is 0.0988. The van der Waals surface area contributed by atoms with Gasteiger partial charge in [-0.3, -0.25) is 14.8 Å². The molecule has 1 N–H and O–H groups in total. The number of hydrogen-bond donors (Lipinski definition) is 1. The van der Waals surface area contributed by atoms with Crippen LogP contribution in [0, 0.1) is 0 Å². The number of aromatic amines is 1. The van der Waals surface area contributed by atoms with E-state index in [1.54, 1.807) is 18.2 Å². The molecule has 0 saturated carbocycles. The van der Waals surface area contributed by atoms with Crippen LogP contribution in [-0.4, -0.2) is 28.2 Å². The van der Waals surface area contributed by atoms with Gasteiger partial charge in [0.15, 0.2) is 0 Å². The third-order valence-electron chi connectivity index (χ3n) is 4.87. The Kier molecular flexibility index (Phi) is 4.50. The molecular formula is C21H21BrN4O2. The SMILES string of the molecule is COc1ccccc1C1c2c(C(C)(C)C)n[nH]c2C(=O)N1c1ccc(Br)cn1. The van der Waals surface area contributed by atoms with E-state index in [0.29, 0.717) is 11.5 Å². The summed E-state index contributed by atoms with van der Waals surface area (Å²) in [5.41, 5.74) is 2.92. The molecule has 144 valence electrons. The fourth-order valence-electron chi connectivity index (χ4n) is 3.65. The smallest absolute Gasteiger partial charge is 0.278 e. The highest BCUT2D eigenvalue weighted by Gasteiger charge is 2.46. The van der Waals surface area contributed by atoms with Crippen molar-refractivity contribution in [1.29, 1.82) is 0 Å². The summed E-state index contributed by atoms with van der Waals surface area (Å²) in [4.78, 5) is 19.6. The van der Waals surface area contributed by atoms with Crippen molar-refractivity contribution >= 4 is 27.7 Å². The largest absolute Gasteiger partial charge is 0.496 e. The molecule has 3 heterocycles. The van der Waals surface area contributed by atoms with E-state index >= 15 is 0 Å². The number of carbonyl (C=O) groups is 1. The lowest BCUT2D eigenvalue weighted by Crippen LogP contribution is -2.31. The number of nitrogens with one attached hydrogen (secondary N) is 1. The molecule has 1 aliphatic rings. The van der Waals surface area contributed by atoms with Crippen LogP contribution >= 0.6 is 15.9 Å². The summed E-state index contributed by atoms with van der Waals surface area (Å²) in [6, 6.07) is 11.1. The molecule has 7 heteroatoms. The van der Waals surface area contributed by atoms with E-state index in [1.165, 1.54) is 0 Å². The number of aromatic nitrogens is 3. The zero-order valence-corrected chi connectivity index (χ0v) is 17.7. The number of hydrogen-bond acceptors (Lipinski definition) is 4. The Hall–Kier alpha value is -2.67. The number of fused-ring (bicyclic) bond motifs is 1. The van der Waals surface area contributed by atoms with Crippen LogP contribution in [0.3, 0.4) is 0 Å². The highest BCUT2D eigenvalue weighted by atomic mass is 79.9. The number of rotatable bonds is 3. The summed E-state index contributed by atoms with van der Waals surface area (Å²) < 4.78 is 6.47. The van der Waals surface area contributed by atoms with E-state index in [4.69, 9.17) is 4.74 Å². The van der Waals surface area contributed by atoms with Crippen LogP contribution in [0.5, 0.6) is 5.75 Å². The van der Waals surface area contributed by atoms with Gasteiger partial charge in [-0.25, -0.2) is 4.98 Å². The molecule has 3 aromatic rings. The first kappa shape index (κ1) is 18.7. The first-order chi connectivity index (χ1) is 13.3. The topological polar surface area (TPSA) is 71.1 Å². The van der Waals surface area contributed by atoms with Crippen molar-refractivity contribution in [1.82, 2.24) is 15.2 Å². The van der Waals surface area contributed by atoms with Crippen molar-refractivity contribution in [2.24, 2.45) is 0 Å². The van der Waals surface area contributed by atoms with Gasteiger partial charge >= 0.3 is 0 Å². The second-order valence-corrected chi connectivity index (χ2v) is 8.68. The van der Waals surface area contributed by atoms with Crippen LogP contribution < -0.4 is 9.64 Å². The Morgan fingerprint density at radius 3 is 2.57 bits per heavy atom. The van der Waals surface area contributed by atoms with Crippen LogP contribution in [-0.2, 0) is 5.41 Å². The average Bonchev–Trinajstić information content (AvgIpc) is 3.22. The highest BCUT2D eigenvalue weighted by Crippen LogP contribution is 2.46. The number of amides is 1. The van der Waals surface area contributed by atoms with Gasteiger partial charge in [0.05, 0.1) is 18.8 Å². The predicted molar refractivity (Wildman–Crippen MR) is 111 cm³/mol. The number of halogens is 1. The number of carbonyl (C=O) groups excluding carboxylic acids is 1. The molecule has 1 amide bonds. The van der Waals surface area contributed by atoms with Gasteiger partial charge in [0, 0.05) is 27.2 Å². The average molecular weight is 441 g/mol. The van der Waals surface area contributed by atoms with Crippen molar-refractivity contribution in [2.45, 2.75) is 32.2 Å². The first-order valence-corrected chi connectivity index (χ1v) is 9.79. The van der Waals surface area contributed by atoms with E-state index in [2.05, 4.69) is 51.9 Å². The summed E-state index contributed by atoms with van der Waals surface area (Å²) in [6.45, 7) is 6.27. The lowest BCUT2D eigenvalue weighted by atomic mass is 9.85. The molecule has 28 heavy (non-hydrogen) atoms. The monoisotopic (exact) mass is 440 g/mol. The molecule has 0 saturated heterocycles. The van der Waals surface area contributed by atoms with Gasteiger partial charge in [0.1, 0.15) is 17.3 Å². The number of ether oxygens (including phenoxy) is 1. The minimum Gasteiger partial charge on any atom is -0.496 e. The number of pyridine rings is 1. The summed E-state index contributed by atoms with van der Waals surface area (Å²) in [7, 11) is 1.64. The van der Waals surface area contributed by atoms with Gasteiger partial charge < -0.3 is 4.74 Å². The first-order valence-electron chi connectivity index (χ1n) is 8.99. The van der Waals surface area contributed by atoms with Crippen LogP contribution in [0.25, 0.3) is 0 Å². The van der Waals surface area contributed by atoms with E-state index in [0.717, 1.165) is 27.0 Å². The van der Waals surface area contributed by atoms with E-state index in [9.17, 15) is 4.79 Å². The maximum atomic E-state index is 13.4. The van der Waals surface area contributed by atoms with Crippen molar-refractivity contribution in [3.05, 3.63) is 69.6 Å². The Morgan fingerprint density at radius 2 is 1.93 bits per heavy atom. The van der Waals surface area contributed by atoms with Gasteiger partial charge in [0.25, 0.3) is 5.91 Å². The molecule has 1 aromatic carbocycles.